The number of H-pyrrole nitrogens is 1. The van der Waals surface area contributed by atoms with E-state index in [-0.39, 0.29) is 18.1 Å². The van der Waals surface area contributed by atoms with Crippen LogP contribution in [0.1, 0.15) is 12.6 Å². The van der Waals surface area contributed by atoms with Gasteiger partial charge < -0.3 is 15.0 Å². The predicted octanol–water partition coefficient (Wildman–Crippen LogP) is 4.78. The smallest absolute Gasteiger partial charge is 0.251 e. The van der Waals surface area contributed by atoms with Crippen molar-refractivity contribution in [2.75, 3.05) is 5.32 Å². The van der Waals surface area contributed by atoms with E-state index < -0.39 is 5.25 Å². The number of ether oxygens (including phenoxy) is 1. The van der Waals surface area contributed by atoms with E-state index in [0.29, 0.717) is 32.3 Å². The summed E-state index contributed by atoms with van der Waals surface area (Å²) in [7, 11) is 0. The van der Waals surface area contributed by atoms with Crippen LogP contribution in [-0.4, -0.2) is 21.1 Å². The van der Waals surface area contributed by atoms with E-state index in [0.717, 1.165) is 11.8 Å². The molecular weight excluding hydrogens is 433 g/mol. The molecule has 1 unspecified atom stereocenters. The van der Waals surface area contributed by atoms with E-state index >= 15 is 0 Å². The molecule has 2 aromatic carbocycles. The van der Waals surface area contributed by atoms with Gasteiger partial charge in [0.25, 0.3) is 5.56 Å². The number of halogens is 2. The molecule has 0 aliphatic carbocycles. The second kappa shape index (κ2) is 9.82. The van der Waals surface area contributed by atoms with Crippen molar-refractivity contribution in [1.82, 2.24) is 9.97 Å². The van der Waals surface area contributed by atoms with E-state index in [1.54, 1.807) is 25.1 Å². The summed E-state index contributed by atoms with van der Waals surface area (Å²) in [5, 5.41) is 3.39. The number of aromatic amines is 1. The second-order valence-corrected chi connectivity index (χ2v) is 8.25. The van der Waals surface area contributed by atoms with Gasteiger partial charge in [0.05, 0.1) is 10.9 Å². The lowest BCUT2D eigenvalue weighted by atomic mass is 10.3. The molecule has 29 heavy (non-hydrogen) atoms. The summed E-state index contributed by atoms with van der Waals surface area (Å²) in [6, 6.07) is 15.4. The molecule has 9 heteroatoms. The van der Waals surface area contributed by atoms with Crippen LogP contribution in [0.3, 0.4) is 0 Å². The van der Waals surface area contributed by atoms with Crippen molar-refractivity contribution in [1.29, 1.82) is 0 Å². The van der Waals surface area contributed by atoms with E-state index in [1.807, 2.05) is 30.3 Å². The highest BCUT2D eigenvalue weighted by Crippen LogP contribution is 2.24. The number of aromatic nitrogens is 2. The number of rotatable bonds is 7. The Morgan fingerprint density at radius 2 is 1.86 bits per heavy atom. The first-order chi connectivity index (χ1) is 13.9. The Morgan fingerprint density at radius 3 is 2.55 bits per heavy atom. The summed E-state index contributed by atoms with van der Waals surface area (Å²) in [5.74, 6) is 0.402. The van der Waals surface area contributed by atoms with Crippen molar-refractivity contribution in [3.8, 4) is 5.75 Å². The van der Waals surface area contributed by atoms with Gasteiger partial charge in [0.15, 0.2) is 5.16 Å². The Hall–Kier alpha value is -2.48. The van der Waals surface area contributed by atoms with Gasteiger partial charge in [-0.25, -0.2) is 4.98 Å². The lowest BCUT2D eigenvalue weighted by Gasteiger charge is -2.12. The topological polar surface area (TPSA) is 84.1 Å². The maximum Gasteiger partial charge on any atom is 0.251 e. The summed E-state index contributed by atoms with van der Waals surface area (Å²) in [4.78, 5) is 31.4. The van der Waals surface area contributed by atoms with Crippen LogP contribution in [0.25, 0.3) is 0 Å². The first kappa shape index (κ1) is 21.2. The number of hydrogen-bond acceptors (Lipinski definition) is 5. The van der Waals surface area contributed by atoms with Gasteiger partial charge in [-0.3, -0.25) is 9.59 Å². The molecule has 1 heterocycles. The molecule has 0 aliphatic heterocycles. The fraction of sp³-hybridized carbons (Fsp3) is 0.150. The Morgan fingerprint density at radius 1 is 1.17 bits per heavy atom. The fourth-order valence-corrected chi connectivity index (χ4v) is 3.73. The third-order valence-electron chi connectivity index (χ3n) is 3.69. The Balaban J connectivity index is 1.64. The van der Waals surface area contributed by atoms with Gasteiger partial charge in [-0.15, -0.1) is 0 Å². The van der Waals surface area contributed by atoms with E-state index in [1.165, 1.54) is 6.07 Å². The van der Waals surface area contributed by atoms with Gasteiger partial charge >= 0.3 is 0 Å². The molecule has 0 bridgehead atoms. The van der Waals surface area contributed by atoms with E-state index in [4.69, 9.17) is 27.9 Å². The number of benzene rings is 2. The second-order valence-electron chi connectivity index (χ2n) is 6.05. The number of para-hydroxylation sites is 1. The van der Waals surface area contributed by atoms with Gasteiger partial charge in [-0.2, -0.15) is 0 Å². The molecule has 1 aromatic heterocycles. The number of amides is 1. The molecule has 0 saturated carbocycles. The number of nitrogens with one attached hydrogen (secondary N) is 2. The first-order valence-corrected chi connectivity index (χ1v) is 10.2. The summed E-state index contributed by atoms with van der Waals surface area (Å²) in [6.07, 6.45) is 0. The van der Waals surface area contributed by atoms with E-state index in [9.17, 15) is 9.59 Å². The molecular formula is C20H17Cl2N3O3S. The molecule has 6 nitrogen and oxygen atoms in total. The maximum atomic E-state index is 12.5. The van der Waals surface area contributed by atoms with Gasteiger partial charge in [0.2, 0.25) is 5.91 Å². The minimum Gasteiger partial charge on any atom is -0.487 e. The standard InChI is InChI=1S/C20H17Cl2N3O3S/c1-12(19(27)23-15-8-13(21)7-14(22)9-15)29-20-24-16(10-18(26)25-20)11-28-17-5-3-2-4-6-17/h2-10,12H,11H2,1H3,(H,23,27)(H,24,25,26). The number of carbonyl (C=O) groups excluding carboxylic acids is 1. The highest BCUT2D eigenvalue weighted by atomic mass is 35.5. The third kappa shape index (κ3) is 6.52. The molecule has 3 rings (SSSR count). The monoisotopic (exact) mass is 449 g/mol. The summed E-state index contributed by atoms with van der Waals surface area (Å²) >= 11 is 13.0. The normalized spacial score (nSPS) is 11.7. The zero-order valence-electron chi connectivity index (χ0n) is 15.3. The van der Waals surface area contributed by atoms with Crippen LogP contribution in [0, 0.1) is 0 Å². The largest absolute Gasteiger partial charge is 0.487 e. The molecule has 150 valence electrons. The minimum absolute atomic E-state index is 0.142. The summed E-state index contributed by atoms with van der Waals surface area (Å²) < 4.78 is 5.63. The highest BCUT2D eigenvalue weighted by Gasteiger charge is 2.17. The molecule has 1 atom stereocenters. The third-order valence-corrected chi connectivity index (χ3v) is 5.11. The van der Waals surface area contributed by atoms with Gasteiger partial charge in [-0.05, 0) is 37.3 Å². The zero-order valence-corrected chi connectivity index (χ0v) is 17.6. The quantitative estimate of drug-likeness (QED) is 0.400. The molecule has 0 fully saturated rings. The molecule has 2 N–H and O–H groups in total. The Kier molecular flexibility index (Phi) is 7.19. The van der Waals surface area contributed by atoms with Gasteiger partial charge in [0.1, 0.15) is 12.4 Å². The Bertz CT molecular complexity index is 1040. The lowest BCUT2D eigenvalue weighted by molar-refractivity contribution is -0.115. The van der Waals surface area contributed by atoms with Crippen LogP contribution in [-0.2, 0) is 11.4 Å². The first-order valence-electron chi connectivity index (χ1n) is 8.61. The van der Waals surface area contributed by atoms with Crippen LogP contribution >= 0.6 is 35.0 Å². The molecule has 0 aliphatic rings. The van der Waals surface area contributed by atoms with E-state index in [2.05, 4.69) is 15.3 Å². The molecule has 3 aromatic rings. The molecule has 0 saturated heterocycles. The van der Waals surface area contributed by atoms with Crippen LogP contribution in [0.5, 0.6) is 5.75 Å². The van der Waals surface area contributed by atoms with Crippen LogP contribution in [0.4, 0.5) is 5.69 Å². The average molecular weight is 450 g/mol. The van der Waals surface area contributed by atoms with Crippen molar-refractivity contribution >= 4 is 46.6 Å². The molecule has 0 spiro atoms. The zero-order chi connectivity index (χ0) is 20.8. The molecule has 1 amide bonds. The minimum atomic E-state index is -0.527. The summed E-state index contributed by atoms with van der Waals surface area (Å²) in [5.41, 5.74) is 0.643. The average Bonchev–Trinajstić information content (AvgIpc) is 2.66. The predicted molar refractivity (Wildman–Crippen MR) is 116 cm³/mol. The number of nitrogens with zero attached hydrogens (tertiary/aromatic N) is 1. The fourth-order valence-electron chi connectivity index (χ4n) is 2.38. The molecule has 0 radical (unpaired) electrons. The number of hydrogen-bond donors (Lipinski definition) is 2. The van der Waals surface area contributed by atoms with Gasteiger partial charge in [0, 0.05) is 21.8 Å². The van der Waals surface area contributed by atoms with Crippen LogP contribution in [0.15, 0.2) is 64.5 Å². The van der Waals surface area contributed by atoms with Crippen molar-refractivity contribution < 1.29 is 9.53 Å². The summed E-state index contributed by atoms with van der Waals surface area (Å²) in [6.45, 7) is 1.85. The number of anilines is 1. The SMILES string of the molecule is CC(Sc1nc(COc2ccccc2)cc(=O)[nH]1)C(=O)Nc1cc(Cl)cc(Cl)c1. The lowest BCUT2D eigenvalue weighted by Crippen LogP contribution is -2.23. The van der Waals surface area contributed by atoms with Gasteiger partial charge in [-0.1, -0.05) is 53.2 Å². The number of thioether (sulfide) groups is 1. The van der Waals surface area contributed by atoms with Crippen molar-refractivity contribution in [2.45, 2.75) is 23.9 Å². The highest BCUT2D eigenvalue weighted by molar-refractivity contribution is 8.00. The number of carbonyl (C=O) groups is 1. The Labute approximate surface area is 181 Å². The van der Waals surface area contributed by atoms with Crippen molar-refractivity contribution in [3.05, 3.63) is 80.7 Å². The van der Waals surface area contributed by atoms with Crippen LogP contribution in [0.2, 0.25) is 10.0 Å². The van der Waals surface area contributed by atoms with Crippen molar-refractivity contribution in [2.24, 2.45) is 0 Å². The maximum absolute atomic E-state index is 12.5. The van der Waals surface area contributed by atoms with Crippen molar-refractivity contribution in [3.63, 3.8) is 0 Å². The van der Waals surface area contributed by atoms with Crippen LogP contribution < -0.4 is 15.6 Å².